The van der Waals surface area contributed by atoms with Gasteiger partial charge in [-0.1, -0.05) is 0 Å². The van der Waals surface area contributed by atoms with Crippen molar-refractivity contribution in [1.29, 1.82) is 0 Å². The van der Waals surface area contributed by atoms with Gasteiger partial charge in [-0.3, -0.25) is 0 Å². The molecule has 0 aromatic carbocycles. The molecule has 27 heavy (non-hydrogen) atoms. The van der Waals surface area contributed by atoms with Crippen LogP contribution in [-0.4, -0.2) is 33.8 Å². The van der Waals surface area contributed by atoms with Crippen LogP contribution in [0.15, 0.2) is 18.5 Å². The van der Waals surface area contributed by atoms with Crippen molar-refractivity contribution in [2.45, 2.75) is 24.8 Å². The number of rotatable bonds is 3. The van der Waals surface area contributed by atoms with Crippen molar-refractivity contribution in [2.75, 3.05) is 18.8 Å². The molecule has 146 valence electrons. The van der Waals surface area contributed by atoms with E-state index in [0.717, 1.165) is 12.3 Å². The molecular weight excluding hydrogens is 376 g/mol. The first-order chi connectivity index (χ1) is 12.5. The number of nitrogens with zero attached hydrogens (tertiary/aromatic N) is 3. The molecule has 0 unspecified atom stereocenters. The Hall–Kier alpha value is -2.30. The van der Waals surface area contributed by atoms with Gasteiger partial charge in [0.05, 0.1) is 11.3 Å². The number of nitrogen functional groups attached to an aromatic ring is 1. The number of nitrogens with two attached hydrogens (primary N) is 1. The van der Waals surface area contributed by atoms with Gasteiger partial charge >= 0.3 is 12.4 Å². The summed E-state index contributed by atoms with van der Waals surface area (Å²) in [5, 5.41) is 3.15. The molecule has 0 spiro atoms. The van der Waals surface area contributed by atoms with E-state index in [4.69, 9.17) is 5.73 Å². The summed E-state index contributed by atoms with van der Waals surface area (Å²) in [6, 6.07) is 0.649. The van der Waals surface area contributed by atoms with Crippen LogP contribution >= 0.6 is 0 Å². The lowest BCUT2D eigenvalue weighted by Gasteiger charge is -2.11. The Morgan fingerprint density at radius 1 is 1.15 bits per heavy atom. The molecule has 3 N–H and O–H groups in total. The van der Waals surface area contributed by atoms with E-state index in [-0.39, 0.29) is 35.0 Å². The van der Waals surface area contributed by atoms with Gasteiger partial charge in [0.25, 0.3) is 0 Å². The molecule has 2 aliphatic rings. The fourth-order valence-corrected chi connectivity index (χ4v) is 3.78. The van der Waals surface area contributed by atoms with Gasteiger partial charge in [0.2, 0.25) is 0 Å². The third kappa shape index (κ3) is 3.35. The normalized spacial score (nSPS) is 24.9. The first kappa shape index (κ1) is 18.1. The molecule has 3 atom stereocenters. The molecule has 1 saturated carbocycles. The van der Waals surface area contributed by atoms with Crippen molar-refractivity contribution in [3.05, 3.63) is 29.8 Å². The van der Waals surface area contributed by atoms with Gasteiger partial charge in [-0.15, -0.1) is 0 Å². The summed E-state index contributed by atoms with van der Waals surface area (Å²) >= 11 is 0. The maximum absolute atomic E-state index is 13.0. The molecule has 5 nitrogen and oxygen atoms in total. The maximum Gasteiger partial charge on any atom is 0.419 e. The highest BCUT2D eigenvalue weighted by molar-refractivity contribution is 5.62. The zero-order valence-corrected chi connectivity index (χ0v) is 13.8. The van der Waals surface area contributed by atoms with Gasteiger partial charge in [0.1, 0.15) is 18.1 Å². The third-order valence-corrected chi connectivity index (χ3v) is 5.05. The van der Waals surface area contributed by atoms with E-state index >= 15 is 0 Å². The van der Waals surface area contributed by atoms with Gasteiger partial charge in [-0.05, 0) is 17.9 Å². The summed E-state index contributed by atoms with van der Waals surface area (Å²) in [6.07, 6.45) is -7.96. The Bertz CT molecular complexity index is 861. The Kier molecular flexibility index (Phi) is 3.92. The molecule has 2 aromatic heterocycles. The number of pyridine rings is 1. The summed E-state index contributed by atoms with van der Waals surface area (Å²) in [4.78, 5) is 7.51. The van der Waals surface area contributed by atoms with Crippen molar-refractivity contribution in [2.24, 2.45) is 11.8 Å². The Morgan fingerprint density at radius 3 is 2.41 bits per heavy atom. The fraction of sp³-hybridized carbons (Fsp3) is 0.500. The first-order valence-corrected chi connectivity index (χ1v) is 8.23. The Labute approximate surface area is 149 Å². The molecular formula is C16H15F6N5. The average molecular weight is 391 g/mol. The van der Waals surface area contributed by atoms with Gasteiger partial charge in [0, 0.05) is 37.1 Å². The van der Waals surface area contributed by atoms with Crippen LogP contribution in [0.25, 0.3) is 11.3 Å². The number of halogens is 6. The zero-order chi connectivity index (χ0) is 19.6. The molecule has 4 rings (SSSR count). The van der Waals surface area contributed by atoms with E-state index < -0.39 is 30.2 Å². The monoisotopic (exact) mass is 391 g/mol. The topological polar surface area (TPSA) is 68.8 Å². The molecule has 0 bridgehead atoms. The lowest BCUT2D eigenvalue weighted by atomic mass is 10.1. The highest BCUT2D eigenvalue weighted by Crippen LogP contribution is 2.53. The summed E-state index contributed by atoms with van der Waals surface area (Å²) in [7, 11) is 0. The van der Waals surface area contributed by atoms with E-state index in [1.807, 2.05) is 0 Å². The van der Waals surface area contributed by atoms with Crippen molar-refractivity contribution >= 4 is 5.82 Å². The van der Waals surface area contributed by atoms with Crippen LogP contribution < -0.4 is 11.1 Å². The van der Waals surface area contributed by atoms with Crippen molar-refractivity contribution in [3.63, 3.8) is 0 Å². The number of fused-ring (bicyclic) bond motifs is 1. The lowest BCUT2D eigenvalue weighted by Crippen LogP contribution is -2.20. The summed E-state index contributed by atoms with van der Waals surface area (Å²) in [5.41, 5.74) is 4.13. The number of imidazole rings is 1. The van der Waals surface area contributed by atoms with Gasteiger partial charge in [-0.25, -0.2) is 9.97 Å². The number of aromatic nitrogens is 3. The van der Waals surface area contributed by atoms with Gasteiger partial charge in [0.15, 0.2) is 0 Å². The predicted octanol–water partition coefficient (Wildman–Crippen LogP) is 3.04. The van der Waals surface area contributed by atoms with Gasteiger partial charge < -0.3 is 15.6 Å². The van der Waals surface area contributed by atoms with Crippen LogP contribution in [-0.2, 0) is 12.6 Å². The molecule has 11 heteroatoms. The second-order valence-corrected chi connectivity index (χ2v) is 6.87. The summed E-state index contributed by atoms with van der Waals surface area (Å²) in [5.74, 6) is -0.463. The fourth-order valence-electron chi connectivity index (χ4n) is 3.78. The van der Waals surface area contributed by atoms with E-state index in [0.29, 0.717) is 13.1 Å². The number of anilines is 1. The quantitative estimate of drug-likeness (QED) is 0.790. The van der Waals surface area contributed by atoms with Crippen LogP contribution in [0.5, 0.6) is 0 Å². The maximum atomic E-state index is 13.0. The van der Waals surface area contributed by atoms with Crippen molar-refractivity contribution in [3.8, 4) is 11.3 Å². The minimum Gasteiger partial charge on any atom is -0.383 e. The minimum absolute atomic E-state index is 0.0187. The number of piperidine rings is 1. The highest BCUT2D eigenvalue weighted by Gasteiger charge is 2.55. The minimum atomic E-state index is -4.72. The SMILES string of the molecule is Nc1ncc(-c2cn([C@@H]3[C@@H]4CNC[C@@H]43)c(CC(F)(F)F)n2)cc1C(F)(F)F. The number of nitrogens with one attached hydrogen (secondary N) is 1. The van der Waals surface area contributed by atoms with Crippen molar-refractivity contribution in [1.82, 2.24) is 19.9 Å². The van der Waals surface area contributed by atoms with E-state index in [1.54, 1.807) is 0 Å². The molecule has 2 fully saturated rings. The largest absolute Gasteiger partial charge is 0.419 e. The van der Waals surface area contributed by atoms with E-state index in [2.05, 4.69) is 15.3 Å². The molecule has 0 amide bonds. The molecule has 1 saturated heterocycles. The molecule has 1 aliphatic heterocycles. The lowest BCUT2D eigenvalue weighted by molar-refractivity contribution is -0.137. The van der Waals surface area contributed by atoms with Crippen LogP contribution in [0.3, 0.4) is 0 Å². The molecule has 3 heterocycles. The van der Waals surface area contributed by atoms with E-state index in [1.165, 1.54) is 10.8 Å². The predicted molar refractivity (Wildman–Crippen MR) is 83.5 cm³/mol. The molecule has 1 aliphatic carbocycles. The summed E-state index contributed by atoms with van der Waals surface area (Å²) in [6.45, 7) is 1.41. The van der Waals surface area contributed by atoms with Crippen LogP contribution in [0.1, 0.15) is 17.4 Å². The van der Waals surface area contributed by atoms with E-state index in [9.17, 15) is 26.3 Å². The van der Waals surface area contributed by atoms with Crippen molar-refractivity contribution < 1.29 is 26.3 Å². The molecule has 0 radical (unpaired) electrons. The standard InChI is InChI=1S/C16H15F6N5/c17-15(18,19)2-12-26-11(6-27(12)13-8-4-24-5-9(8)13)7-1-10(16(20,21)22)14(23)25-3-7/h1,3,6,8-9,13,24H,2,4-5H2,(H2,23,25)/t8-,9+,13-. The Morgan fingerprint density at radius 2 is 1.81 bits per heavy atom. The average Bonchev–Trinajstić information content (AvgIpc) is 2.90. The summed E-state index contributed by atoms with van der Waals surface area (Å²) < 4.78 is 79.4. The highest BCUT2D eigenvalue weighted by atomic mass is 19.4. The number of hydrogen-bond acceptors (Lipinski definition) is 4. The Balaban J connectivity index is 1.74. The van der Waals surface area contributed by atoms with Crippen LogP contribution in [0.2, 0.25) is 0 Å². The zero-order valence-electron chi connectivity index (χ0n) is 13.8. The second kappa shape index (κ2) is 5.85. The van der Waals surface area contributed by atoms with Gasteiger partial charge in [-0.2, -0.15) is 26.3 Å². The smallest absolute Gasteiger partial charge is 0.383 e. The second-order valence-electron chi connectivity index (χ2n) is 6.87. The number of alkyl halides is 6. The molecule has 2 aromatic rings. The van der Waals surface area contributed by atoms with Crippen LogP contribution in [0, 0.1) is 11.8 Å². The third-order valence-electron chi connectivity index (χ3n) is 5.05. The first-order valence-electron chi connectivity index (χ1n) is 8.23. The van der Waals surface area contributed by atoms with Crippen LogP contribution in [0.4, 0.5) is 32.2 Å². The number of hydrogen-bond donors (Lipinski definition) is 2.